The Hall–Kier alpha value is -2.57. The summed E-state index contributed by atoms with van der Waals surface area (Å²) in [6.45, 7) is 3.93. The van der Waals surface area contributed by atoms with Gasteiger partial charge in [0.25, 0.3) is 0 Å². The van der Waals surface area contributed by atoms with Crippen LogP contribution in [-0.2, 0) is 14.3 Å². The van der Waals surface area contributed by atoms with Gasteiger partial charge in [0.1, 0.15) is 0 Å². The van der Waals surface area contributed by atoms with E-state index in [2.05, 4.69) is 5.92 Å². The third-order valence-electron chi connectivity index (χ3n) is 3.73. The molecule has 0 bridgehead atoms. The van der Waals surface area contributed by atoms with Crippen LogP contribution in [-0.4, -0.2) is 24.8 Å². The summed E-state index contributed by atoms with van der Waals surface area (Å²) in [6.07, 6.45) is 3.98. The molecule has 24 heavy (non-hydrogen) atoms. The first-order valence-corrected chi connectivity index (χ1v) is 8.05. The minimum Gasteiger partial charge on any atom is -0.448 e. The Morgan fingerprint density at radius 2 is 1.54 bits per heavy atom. The molecule has 0 spiro atoms. The van der Waals surface area contributed by atoms with Gasteiger partial charge >= 0.3 is 5.97 Å². The Balaban J connectivity index is 2.42. The maximum absolute atomic E-state index is 12.6. The fourth-order valence-corrected chi connectivity index (χ4v) is 2.62. The van der Waals surface area contributed by atoms with Gasteiger partial charge in [-0.1, -0.05) is 66.6 Å². The summed E-state index contributed by atoms with van der Waals surface area (Å²) in [7, 11) is 0. The molecular weight excluding hydrogens is 300 g/mol. The Morgan fingerprint density at radius 1 is 1.04 bits per heavy atom. The Morgan fingerprint density at radius 3 is 1.96 bits per heavy atom. The normalized spacial score (nSPS) is 13.1. The van der Waals surface area contributed by atoms with Crippen LogP contribution in [0, 0.1) is 12.3 Å². The van der Waals surface area contributed by atoms with Crippen molar-refractivity contribution in [1.29, 1.82) is 0 Å². The summed E-state index contributed by atoms with van der Waals surface area (Å²) in [4.78, 5) is 12.6. The van der Waals surface area contributed by atoms with Crippen LogP contribution < -0.4 is 0 Å². The minimum atomic E-state index is -0.754. The van der Waals surface area contributed by atoms with Crippen LogP contribution in [0.5, 0.6) is 0 Å². The molecule has 3 nitrogen and oxygen atoms in total. The first-order valence-electron chi connectivity index (χ1n) is 8.05. The molecule has 0 saturated heterocycles. The van der Waals surface area contributed by atoms with Crippen molar-refractivity contribution in [2.24, 2.45) is 0 Å². The van der Waals surface area contributed by atoms with Crippen molar-refractivity contribution >= 4 is 5.97 Å². The molecule has 0 fully saturated rings. The average Bonchev–Trinajstić information content (AvgIpc) is 2.63. The smallest absolute Gasteiger partial charge is 0.337 e. The molecule has 0 heterocycles. The molecule has 0 saturated carbocycles. The number of carbonyl (C=O) groups is 1. The predicted molar refractivity (Wildman–Crippen MR) is 94.5 cm³/mol. The fourth-order valence-electron chi connectivity index (χ4n) is 2.62. The van der Waals surface area contributed by atoms with E-state index in [1.807, 2.05) is 67.6 Å². The number of benzene rings is 2. The number of ether oxygens (including phenoxy) is 2. The average molecular weight is 322 g/mol. The third-order valence-corrected chi connectivity index (χ3v) is 3.73. The molecule has 2 rings (SSSR count). The van der Waals surface area contributed by atoms with Gasteiger partial charge in [0.15, 0.2) is 12.2 Å². The zero-order valence-electron chi connectivity index (χ0n) is 14.0. The van der Waals surface area contributed by atoms with E-state index in [9.17, 15) is 4.79 Å². The number of carbonyl (C=O) groups excluding carboxylic acids is 1. The zero-order chi connectivity index (χ0) is 17.4. The maximum atomic E-state index is 12.6. The summed E-state index contributed by atoms with van der Waals surface area (Å²) >= 11 is 0. The van der Waals surface area contributed by atoms with Gasteiger partial charge in [-0.2, -0.15) is 0 Å². The summed E-state index contributed by atoms with van der Waals surface area (Å²) < 4.78 is 11.1. The van der Waals surface area contributed by atoms with Gasteiger partial charge in [-0.15, -0.1) is 6.42 Å². The predicted octanol–water partition coefficient (Wildman–Crippen LogP) is 3.79. The van der Waals surface area contributed by atoms with E-state index < -0.39 is 18.2 Å². The van der Waals surface area contributed by atoms with E-state index in [4.69, 9.17) is 15.9 Å². The number of rotatable bonds is 7. The molecule has 2 aromatic rings. The lowest BCUT2D eigenvalue weighted by Crippen LogP contribution is -2.35. The second kappa shape index (κ2) is 8.90. The molecule has 3 heteroatoms. The monoisotopic (exact) mass is 322 g/mol. The van der Waals surface area contributed by atoms with Crippen molar-refractivity contribution in [3.63, 3.8) is 0 Å². The van der Waals surface area contributed by atoms with Crippen LogP contribution in [0.4, 0.5) is 0 Å². The van der Waals surface area contributed by atoms with Crippen molar-refractivity contribution in [1.82, 2.24) is 0 Å². The lowest BCUT2D eigenvalue weighted by Gasteiger charge is -2.27. The highest BCUT2D eigenvalue weighted by atomic mass is 16.6. The molecule has 2 unspecified atom stereocenters. The molecule has 2 aromatic carbocycles. The topological polar surface area (TPSA) is 35.5 Å². The van der Waals surface area contributed by atoms with Gasteiger partial charge < -0.3 is 9.47 Å². The minimum absolute atomic E-state index is 0.259. The van der Waals surface area contributed by atoms with E-state index >= 15 is 0 Å². The van der Waals surface area contributed by atoms with Crippen molar-refractivity contribution in [2.75, 3.05) is 6.61 Å². The van der Waals surface area contributed by atoms with Gasteiger partial charge in [0, 0.05) is 12.5 Å². The first-order chi connectivity index (χ1) is 11.7. The van der Waals surface area contributed by atoms with Crippen molar-refractivity contribution < 1.29 is 14.3 Å². The Labute approximate surface area is 143 Å². The lowest BCUT2D eigenvalue weighted by atomic mass is 9.86. The highest BCUT2D eigenvalue weighted by Crippen LogP contribution is 2.30. The molecule has 0 amide bonds. The standard InChI is InChI=1S/C21H22O3/c1-4-16(3)24-21(22)20(23-5-2)19(17-12-8-6-9-13-17)18-14-10-7-11-15-18/h1,6-16,19-20H,5H2,2-3H3. The van der Waals surface area contributed by atoms with Crippen LogP contribution in [0.15, 0.2) is 60.7 Å². The second-order valence-corrected chi connectivity index (χ2v) is 5.42. The molecule has 0 radical (unpaired) electrons. The van der Waals surface area contributed by atoms with Gasteiger partial charge in [-0.25, -0.2) is 4.79 Å². The van der Waals surface area contributed by atoms with Gasteiger partial charge in [-0.05, 0) is 25.0 Å². The number of hydrogen-bond donors (Lipinski definition) is 0. The molecule has 0 aliphatic heterocycles. The summed E-state index contributed by atoms with van der Waals surface area (Å²) in [5.74, 6) is 1.71. The lowest BCUT2D eigenvalue weighted by molar-refractivity contribution is -0.160. The van der Waals surface area contributed by atoms with E-state index in [1.54, 1.807) is 6.92 Å². The molecule has 124 valence electrons. The Bertz CT molecular complexity index is 634. The molecule has 2 atom stereocenters. The van der Waals surface area contributed by atoms with Crippen LogP contribution in [0.3, 0.4) is 0 Å². The highest BCUT2D eigenvalue weighted by Gasteiger charge is 2.33. The molecule has 0 aliphatic rings. The number of esters is 1. The third kappa shape index (κ3) is 4.47. The largest absolute Gasteiger partial charge is 0.448 e. The van der Waals surface area contributed by atoms with Crippen molar-refractivity contribution in [2.45, 2.75) is 32.0 Å². The summed E-state index contributed by atoms with van der Waals surface area (Å²) in [6, 6.07) is 19.6. The van der Waals surface area contributed by atoms with Crippen LogP contribution in [0.1, 0.15) is 30.9 Å². The summed E-state index contributed by atoms with van der Waals surface area (Å²) in [5, 5.41) is 0. The van der Waals surface area contributed by atoms with Gasteiger partial charge in [0.05, 0.1) is 0 Å². The molecular formula is C21H22O3. The molecule has 0 aliphatic carbocycles. The van der Waals surface area contributed by atoms with E-state index in [1.165, 1.54) is 0 Å². The van der Waals surface area contributed by atoms with E-state index in [0.29, 0.717) is 6.61 Å². The quantitative estimate of drug-likeness (QED) is 0.575. The summed E-state index contributed by atoms with van der Waals surface area (Å²) in [5.41, 5.74) is 1.99. The fraction of sp³-hybridized carbons (Fsp3) is 0.286. The number of hydrogen-bond acceptors (Lipinski definition) is 3. The molecule has 0 N–H and O–H groups in total. The highest BCUT2D eigenvalue weighted by molar-refractivity contribution is 5.77. The Kier molecular flexibility index (Phi) is 6.60. The van der Waals surface area contributed by atoms with Crippen molar-refractivity contribution in [3.05, 3.63) is 71.8 Å². The van der Waals surface area contributed by atoms with Crippen LogP contribution in [0.2, 0.25) is 0 Å². The maximum Gasteiger partial charge on any atom is 0.337 e. The first kappa shape index (κ1) is 17.8. The molecule has 0 aromatic heterocycles. The van der Waals surface area contributed by atoms with Gasteiger partial charge in [-0.3, -0.25) is 0 Å². The van der Waals surface area contributed by atoms with Crippen LogP contribution in [0.25, 0.3) is 0 Å². The SMILES string of the molecule is C#CC(C)OC(=O)C(OCC)C(c1ccccc1)c1ccccc1. The number of terminal acetylenes is 1. The van der Waals surface area contributed by atoms with Gasteiger partial charge in [0.2, 0.25) is 0 Å². The van der Waals surface area contributed by atoms with E-state index in [0.717, 1.165) is 11.1 Å². The van der Waals surface area contributed by atoms with Crippen LogP contribution >= 0.6 is 0 Å². The van der Waals surface area contributed by atoms with Crippen molar-refractivity contribution in [3.8, 4) is 12.3 Å². The zero-order valence-corrected chi connectivity index (χ0v) is 14.0. The van der Waals surface area contributed by atoms with E-state index in [-0.39, 0.29) is 5.92 Å². The second-order valence-electron chi connectivity index (χ2n) is 5.42.